The first kappa shape index (κ1) is 18.8. The Labute approximate surface area is 168 Å². The Hall–Kier alpha value is -2.51. The van der Waals surface area contributed by atoms with Gasteiger partial charge in [-0.2, -0.15) is 0 Å². The van der Waals surface area contributed by atoms with E-state index in [1.54, 1.807) is 16.7 Å². The van der Waals surface area contributed by atoms with Crippen LogP contribution in [0.2, 0.25) is 0 Å². The number of carbonyl (C=O) groups is 1. The zero-order valence-electron chi connectivity index (χ0n) is 15.8. The Morgan fingerprint density at radius 2 is 2.04 bits per heavy atom. The second-order valence-corrected chi connectivity index (χ2v) is 7.63. The highest BCUT2D eigenvalue weighted by Gasteiger charge is 2.17. The Morgan fingerprint density at radius 3 is 2.86 bits per heavy atom. The maximum atomic E-state index is 12.3. The fraction of sp³-hybridized carbons (Fsp3) is 0.333. The molecule has 2 aromatic carbocycles. The summed E-state index contributed by atoms with van der Waals surface area (Å²) in [6, 6.07) is 14.0. The molecule has 0 aliphatic carbocycles. The van der Waals surface area contributed by atoms with E-state index in [0.717, 1.165) is 33.3 Å². The van der Waals surface area contributed by atoms with Crippen LogP contribution in [-0.4, -0.2) is 53.7 Å². The summed E-state index contributed by atoms with van der Waals surface area (Å²) in [4.78, 5) is 22.0. The molecule has 1 aliphatic rings. The van der Waals surface area contributed by atoms with Crippen molar-refractivity contribution >= 4 is 28.7 Å². The zero-order valence-corrected chi connectivity index (χ0v) is 16.6. The van der Waals surface area contributed by atoms with Gasteiger partial charge in [-0.3, -0.25) is 4.79 Å². The highest BCUT2D eigenvalue weighted by atomic mass is 32.2. The van der Waals surface area contributed by atoms with Gasteiger partial charge in [0.2, 0.25) is 0 Å². The summed E-state index contributed by atoms with van der Waals surface area (Å²) < 4.78 is 11.1. The van der Waals surface area contributed by atoms with Crippen molar-refractivity contribution in [3.63, 3.8) is 0 Å². The number of imidazole rings is 1. The highest BCUT2D eigenvalue weighted by molar-refractivity contribution is 7.98. The first-order valence-electron chi connectivity index (χ1n) is 9.35. The van der Waals surface area contributed by atoms with Crippen molar-refractivity contribution in [2.45, 2.75) is 17.8 Å². The van der Waals surface area contributed by atoms with Crippen molar-refractivity contribution in [2.75, 3.05) is 32.9 Å². The molecule has 0 bridgehead atoms. The number of H-pyrrole nitrogens is 1. The van der Waals surface area contributed by atoms with Crippen molar-refractivity contribution in [3.8, 4) is 5.75 Å². The number of thioether (sulfide) groups is 1. The average Bonchev–Trinajstić information content (AvgIpc) is 3.15. The van der Waals surface area contributed by atoms with Crippen molar-refractivity contribution in [1.82, 2.24) is 14.9 Å². The molecular formula is C21H23N3O3S. The minimum Gasteiger partial charge on any atom is -0.483 e. The van der Waals surface area contributed by atoms with Gasteiger partial charge in [-0.05, 0) is 36.2 Å². The van der Waals surface area contributed by atoms with E-state index in [-0.39, 0.29) is 12.5 Å². The fourth-order valence-corrected chi connectivity index (χ4v) is 4.11. The molecule has 1 aliphatic heterocycles. The molecule has 1 amide bonds. The molecule has 4 rings (SSSR count). The second-order valence-electron chi connectivity index (χ2n) is 6.67. The predicted molar refractivity (Wildman–Crippen MR) is 110 cm³/mol. The van der Waals surface area contributed by atoms with E-state index < -0.39 is 0 Å². The molecule has 1 fully saturated rings. The van der Waals surface area contributed by atoms with Gasteiger partial charge in [0.25, 0.3) is 5.91 Å². The van der Waals surface area contributed by atoms with Gasteiger partial charge in [0.05, 0.1) is 24.2 Å². The molecule has 0 unspecified atom stereocenters. The van der Waals surface area contributed by atoms with Crippen LogP contribution >= 0.6 is 11.8 Å². The highest BCUT2D eigenvalue weighted by Crippen LogP contribution is 2.28. The summed E-state index contributed by atoms with van der Waals surface area (Å²) in [5, 5.41) is 0.898. The number of ether oxygens (including phenoxy) is 2. The molecule has 0 saturated carbocycles. The Morgan fingerprint density at radius 1 is 1.21 bits per heavy atom. The van der Waals surface area contributed by atoms with Crippen LogP contribution in [0.1, 0.15) is 11.1 Å². The first-order valence-corrected chi connectivity index (χ1v) is 10.3. The standard InChI is InChI=1S/C21H23N3O3S/c1-15-16(14-28-21-22-17-6-2-3-7-18(17)23-21)5-4-8-19(15)27-13-20(25)24-9-11-26-12-10-24/h2-8H,9-14H2,1H3,(H,22,23). The third-order valence-corrected chi connectivity index (χ3v) is 5.77. The predicted octanol–water partition coefficient (Wildman–Crippen LogP) is 3.40. The van der Waals surface area contributed by atoms with Crippen LogP contribution in [0.4, 0.5) is 0 Å². The molecule has 1 aromatic heterocycles. The fourth-order valence-electron chi connectivity index (χ4n) is 3.16. The number of aromatic amines is 1. The van der Waals surface area contributed by atoms with Crippen LogP contribution in [-0.2, 0) is 15.3 Å². The number of morpholine rings is 1. The lowest BCUT2D eigenvalue weighted by Crippen LogP contribution is -2.43. The molecule has 0 radical (unpaired) electrons. The van der Waals surface area contributed by atoms with Gasteiger partial charge in [0.1, 0.15) is 5.75 Å². The van der Waals surface area contributed by atoms with Crippen LogP contribution in [0.25, 0.3) is 11.0 Å². The van der Waals surface area contributed by atoms with E-state index in [4.69, 9.17) is 9.47 Å². The average molecular weight is 398 g/mol. The van der Waals surface area contributed by atoms with Gasteiger partial charge in [-0.1, -0.05) is 36.0 Å². The van der Waals surface area contributed by atoms with Crippen molar-refractivity contribution < 1.29 is 14.3 Å². The van der Waals surface area contributed by atoms with Crippen LogP contribution in [0.3, 0.4) is 0 Å². The number of hydrogen-bond acceptors (Lipinski definition) is 5. The lowest BCUT2D eigenvalue weighted by molar-refractivity contribution is -0.137. The molecular weight excluding hydrogens is 374 g/mol. The molecule has 0 spiro atoms. The lowest BCUT2D eigenvalue weighted by atomic mass is 10.1. The summed E-state index contributed by atoms with van der Waals surface area (Å²) in [7, 11) is 0. The van der Waals surface area contributed by atoms with Gasteiger partial charge in [0.15, 0.2) is 11.8 Å². The molecule has 6 nitrogen and oxygen atoms in total. The normalized spacial score (nSPS) is 14.4. The molecule has 28 heavy (non-hydrogen) atoms. The number of para-hydroxylation sites is 2. The number of amides is 1. The minimum atomic E-state index is 0.00440. The van der Waals surface area contributed by atoms with Crippen LogP contribution in [0.15, 0.2) is 47.6 Å². The van der Waals surface area contributed by atoms with Gasteiger partial charge in [-0.25, -0.2) is 4.98 Å². The smallest absolute Gasteiger partial charge is 0.260 e. The molecule has 0 atom stereocenters. The van der Waals surface area contributed by atoms with Crippen molar-refractivity contribution in [2.24, 2.45) is 0 Å². The van der Waals surface area contributed by atoms with Gasteiger partial charge in [0, 0.05) is 18.8 Å². The lowest BCUT2D eigenvalue weighted by Gasteiger charge is -2.26. The summed E-state index contributed by atoms with van der Waals surface area (Å²) in [5.41, 5.74) is 4.24. The third-order valence-electron chi connectivity index (χ3n) is 4.84. The van der Waals surface area contributed by atoms with E-state index in [1.165, 1.54) is 5.56 Å². The number of nitrogens with one attached hydrogen (secondary N) is 1. The minimum absolute atomic E-state index is 0.00440. The first-order chi connectivity index (χ1) is 13.7. The number of fused-ring (bicyclic) bond motifs is 1. The summed E-state index contributed by atoms with van der Waals surface area (Å²) in [5.74, 6) is 1.54. The van der Waals surface area contributed by atoms with Crippen molar-refractivity contribution in [1.29, 1.82) is 0 Å². The van der Waals surface area contributed by atoms with E-state index in [1.807, 2.05) is 43.3 Å². The summed E-state index contributed by atoms with van der Waals surface area (Å²) in [6.07, 6.45) is 0. The number of nitrogens with zero attached hydrogens (tertiary/aromatic N) is 2. The summed E-state index contributed by atoms with van der Waals surface area (Å²) in [6.45, 7) is 4.55. The van der Waals surface area contributed by atoms with Crippen molar-refractivity contribution in [3.05, 3.63) is 53.6 Å². The number of rotatable bonds is 6. The molecule has 1 N–H and O–H groups in total. The molecule has 146 valence electrons. The number of hydrogen-bond donors (Lipinski definition) is 1. The van der Waals surface area contributed by atoms with E-state index in [9.17, 15) is 4.79 Å². The molecule has 2 heterocycles. The summed E-state index contributed by atoms with van der Waals surface area (Å²) >= 11 is 1.66. The van der Waals surface area contributed by atoms with Crippen LogP contribution in [0, 0.1) is 6.92 Å². The van der Waals surface area contributed by atoms with Gasteiger partial charge >= 0.3 is 0 Å². The SMILES string of the molecule is Cc1c(CSc2nc3ccccc3[nH]2)cccc1OCC(=O)N1CCOCC1. The van der Waals surface area contributed by atoms with Crippen LogP contribution in [0.5, 0.6) is 5.75 Å². The van der Waals surface area contributed by atoms with E-state index in [0.29, 0.717) is 26.3 Å². The topological polar surface area (TPSA) is 67.5 Å². The molecule has 3 aromatic rings. The monoisotopic (exact) mass is 397 g/mol. The maximum Gasteiger partial charge on any atom is 0.260 e. The van der Waals surface area contributed by atoms with E-state index >= 15 is 0 Å². The molecule has 7 heteroatoms. The maximum absolute atomic E-state index is 12.3. The number of benzene rings is 2. The third kappa shape index (κ3) is 4.31. The van der Waals surface area contributed by atoms with Crippen LogP contribution < -0.4 is 4.74 Å². The second kappa shape index (κ2) is 8.67. The Bertz CT molecular complexity index is 933. The van der Waals surface area contributed by atoms with E-state index in [2.05, 4.69) is 16.0 Å². The molecule has 1 saturated heterocycles. The van der Waals surface area contributed by atoms with Gasteiger partial charge < -0.3 is 19.4 Å². The number of carbonyl (C=O) groups excluding carboxylic acids is 1. The Balaban J connectivity index is 1.38. The Kier molecular flexibility index (Phi) is 5.83. The van der Waals surface area contributed by atoms with Gasteiger partial charge in [-0.15, -0.1) is 0 Å². The largest absolute Gasteiger partial charge is 0.483 e. The zero-order chi connectivity index (χ0) is 19.3. The number of aromatic nitrogens is 2. The quantitative estimate of drug-likeness (QED) is 0.646.